The van der Waals surface area contributed by atoms with E-state index in [9.17, 15) is 0 Å². The normalized spacial score (nSPS) is 12.7. The number of furan rings is 1. The Bertz CT molecular complexity index is 771. The van der Waals surface area contributed by atoms with Crippen LogP contribution in [-0.2, 0) is 0 Å². The maximum atomic E-state index is 5.33. The molecule has 3 heterocycles. The summed E-state index contributed by atoms with van der Waals surface area (Å²) in [6.07, 6.45) is 1.61. The van der Waals surface area contributed by atoms with E-state index in [4.69, 9.17) is 4.42 Å². The van der Waals surface area contributed by atoms with Crippen molar-refractivity contribution in [2.45, 2.75) is 0 Å². The van der Waals surface area contributed by atoms with Gasteiger partial charge in [0.05, 0.1) is 12.0 Å². The van der Waals surface area contributed by atoms with E-state index in [0.29, 0.717) is 17.4 Å². The molecule has 5 nitrogen and oxygen atoms in total. The molecule has 0 aliphatic carbocycles. The van der Waals surface area contributed by atoms with Crippen molar-refractivity contribution in [2.24, 2.45) is 0 Å². The molecule has 4 rings (SSSR count). The van der Waals surface area contributed by atoms with Crippen molar-refractivity contribution in [3.8, 4) is 23.0 Å². The number of para-hydroxylation sites is 1. The first kappa shape index (κ1) is 10.1. The lowest BCUT2D eigenvalue weighted by atomic mass is 10.1. The number of fused-ring (bicyclic) bond motifs is 3. The SMILES string of the molecule is C=C1Nc2ccccc2-c2nc(-c3ccco3)nn21. The second-order valence-electron chi connectivity index (χ2n) is 4.27. The van der Waals surface area contributed by atoms with Crippen LogP contribution in [0.1, 0.15) is 0 Å². The van der Waals surface area contributed by atoms with Gasteiger partial charge < -0.3 is 9.73 Å². The lowest BCUT2D eigenvalue weighted by molar-refractivity contribution is 0.577. The van der Waals surface area contributed by atoms with Crippen molar-refractivity contribution in [2.75, 3.05) is 5.32 Å². The third kappa shape index (κ3) is 1.41. The molecule has 0 fully saturated rings. The van der Waals surface area contributed by atoms with Crippen LogP contribution in [0, 0.1) is 0 Å². The Morgan fingerprint density at radius 3 is 2.89 bits per heavy atom. The number of benzene rings is 1. The van der Waals surface area contributed by atoms with Crippen LogP contribution >= 0.6 is 0 Å². The van der Waals surface area contributed by atoms with Gasteiger partial charge in [0.1, 0.15) is 5.82 Å². The highest BCUT2D eigenvalue weighted by molar-refractivity contribution is 5.85. The van der Waals surface area contributed by atoms with Gasteiger partial charge in [-0.1, -0.05) is 18.7 Å². The summed E-state index contributed by atoms with van der Waals surface area (Å²) in [6, 6.07) is 11.6. The molecule has 0 saturated carbocycles. The topological polar surface area (TPSA) is 55.9 Å². The van der Waals surface area contributed by atoms with Crippen LogP contribution in [0.4, 0.5) is 5.69 Å². The van der Waals surface area contributed by atoms with Gasteiger partial charge in [-0.15, -0.1) is 5.10 Å². The molecule has 0 radical (unpaired) electrons. The van der Waals surface area contributed by atoms with Crippen molar-refractivity contribution in [3.05, 3.63) is 49.2 Å². The highest BCUT2D eigenvalue weighted by Gasteiger charge is 2.23. The first-order valence-electron chi connectivity index (χ1n) is 5.89. The summed E-state index contributed by atoms with van der Waals surface area (Å²) in [5, 5.41) is 7.63. The van der Waals surface area contributed by atoms with E-state index in [-0.39, 0.29) is 0 Å². The summed E-state index contributed by atoms with van der Waals surface area (Å²) in [5.74, 6) is 2.65. The highest BCUT2D eigenvalue weighted by Crippen LogP contribution is 2.34. The molecule has 19 heavy (non-hydrogen) atoms. The van der Waals surface area contributed by atoms with Gasteiger partial charge in [0.15, 0.2) is 11.6 Å². The summed E-state index contributed by atoms with van der Waals surface area (Å²) >= 11 is 0. The van der Waals surface area contributed by atoms with Crippen molar-refractivity contribution >= 4 is 11.5 Å². The Labute approximate surface area is 109 Å². The largest absolute Gasteiger partial charge is 0.461 e. The van der Waals surface area contributed by atoms with Crippen LogP contribution < -0.4 is 5.32 Å². The van der Waals surface area contributed by atoms with Crippen molar-refractivity contribution < 1.29 is 4.42 Å². The molecule has 1 N–H and O–H groups in total. The summed E-state index contributed by atoms with van der Waals surface area (Å²) in [4.78, 5) is 4.54. The number of nitrogens with one attached hydrogen (secondary N) is 1. The molecule has 0 bridgehead atoms. The molecular formula is C14H10N4O. The van der Waals surface area contributed by atoms with Gasteiger partial charge in [0, 0.05) is 5.56 Å². The lowest BCUT2D eigenvalue weighted by Crippen LogP contribution is -2.14. The quantitative estimate of drug-likeness (QED) is 0.721. The fourth-order valence-electron chi connectivity index (χ4n) is 2.18. The Morgan fingerprint density at radius 2 is 2.05 bits per heavy atom. The first-order chi connectivity index (χ1) is 9.33. The highest BCUT2D eigenvalue weighted by atomic mass is 16.3. The Kier molecular flexibility index (Phi) is 1.91. The molecule has 0 spiro atoms. The average molecular weight is 250 g/mol. The third-order valence-corrected chi connectivity index (χ3v) is 3.05. The van der Waals surface area contributed by atoms with E-state index in [0.717, 1.165) is 17.1 Å². The number of hydrogen-bond acceptors (Lipinski definition) is 4. The first-order valence-corrected chi connectivity index (χ1v) is 5.89. The smallest absolute Gasteiger partial charge is 0.217 e. The number of rotatable bonds is 1. The molecule has 92 valence electrons. The Balaban J connectivity index is 1.96. The van der Waals surface area contributed by atoms with Crippen LogP contribution in [0.5, 0.6) is 0 Å². The summed E-state index contributed by atoms with van der Waals surface area (Å²) < 4.78 is 7.03. The van der Waals surface area contributed by atoms with E-state index in [1.807, 2.05) is 36.4 Å². The van der Waals surface area contributed by atoms with Crippen molar-refractivity contribution in [3.63, 3.8) is 0 Å². The zero-order chi connectivity index (χ0) is 12.8. The minimum Gasteiger partial charge on any atom is -0.461 e. The van der Waals surface area contributed by atoms with Crippen LogP contribution in [0.25, 0.3) is 28.8 Å². The molecule has 2 aromatic heterocycles. The zero-order valence-corrected chi connectivity index (χ0v) is 10.00. The molecule has 1 aliphatic heterocycles. The van der Waals surface area contributed by atoms with Crippen molar-refractivity contribution in [1.29, 1.82) is 0 Å². The predicted molar refractivity (Wildman–Crippen MR) is 72.1 cm³/mol. The molecular weight excluding hydrogens is 240 g/mol. The van der Waals surface area contributed by atoms with Gasteiger partial charge in [-0.25, -0.2) is 4.98 Å². The predicted octanol–water partition coefficient (Wildman–Crippen LogP) is 3.06. The maximum Gasteiger partial charge on any atom is 0.217 e. The summed E-state index contributed by atoms with van der Waals surface area (Å²) in [7, 11) is 0. The summed E-state index contributed by atoms with van der Waals surface area (Å²) in [6.45, 7) is 3.97. The average Bonchev–Trinajstić information content (AvgIpc) is 3.08. The molecule has 5 heteroatoms. The standard InChI is InChI=1S/C14H10N4O/c1-9-15-11-6-3-2-5-10(11)14-16-13(17-18(9)14)12-7-4-8-19-12/h2-8,15H,1H2. The minimum atomic E-state index is 0.555. The summed E-state index contributed by atoms with van der Waals surface area (Å²) in [5.41, 5.74) is 1.98. The lowest BCUT2D eigenvalue weighted by Gasteiger charge is -2.19. The molecule has 1 aliphatic rings. The second kappa shape index (κ2) is 3.58. The van der Waals surface area contributed by atoms with Gasteiger partial charge in [0.25, 0.3) is 0 Å². The molecule has 3 aromatic rings. The van der Waals surface area contributed by atoms with Gasteiger partial charge >= 0.3 is 0 Å². The maximum absolute atomic E-state index is 5.33. The fourth-order valence-corrected chi connectivity index (χ4v) is 2.18. The number of nitrogens with zero attached hydrogens (tertiary/aromatic N) is 3. The van der Waals surface area contributed by atoms with Gasteiger partial charge in [-0.3, -0.25) is 0 Å². The van der Waals surface area contributed by atoms with E-state index in [2.05, 4.69) is 22.0 Å². The van der Waals surface area contributed by atoms with E-state index < -0.39 is 0 Å². The second-order valence-corrected chi connectivity index (χ2v) is 4.27. The minimum absolute atomic E-state index is 0.555. The van der Waals surface area contributed by atoms with Crippen LogP contribution in [0.15, 0.2) is 53.7 Å². The molecule has 1 aromatic carbocycles. The monoisotopic (exact) mass is 250 g/mol. The zero-order valence-electron chi connectivity index (χ0n) is 10.00. The van der Waals surface area contributed by atoms with E-state index >= 15 is 0 Å². The van der Waals surface area contributed by atoms with Gasteiger partial charge in [-0.2, -0.15) is 4.68 Å². The number of anilines is 1. The molecule has 0 saturated heterocycles. The number of hydrogen-bond donors (Lipinski definition) is 1. The van der Waals surface area contributed by atoms with Gasteiger partial charge in [-0.05, 0) is 24.3 Å². The van der Waals surface area contributed by atoms with Crippen LogP contribution in [0.2, 0.25) is 0 Å². The third-order valence-electron chi connectivity index (χ3n) is 3.05. The van der Waals surface area contributed by atoms with E-state index in [1.165, 1.54) is 0 Å². The number of aromatic nitrogens is 3. The fraction of sp³-hybridized carbons (Fsp3) is 0. The molecule has 0 unspecified atom stereocenters. The van der Waals surface area contributed by atoms with Crippen molar-refractivity contribution in [1.82, 2.24) is 14.8 Å². The Morgan fingerprint density at radius 1 is 1.16 bits per heavy atom. The van der Waals surface area contributed by atoms with Gasteiger partial charge in [0.2, 0.25) is 5.82 Å². The van der Waals surface area contributed by atoms with Crippen LogP contribution in [0.3, 0.4) is 0 Å². The molecule has 0 amide bonds. The van der Waals surface area contributed by atoms with E-state index in [1.54, 1.807) is 10.9 Å². The van der Waals surface area contributed by atoms with Crippen LogP contribution in [-0.4, -0.2) is 14.8 Å². The molecule has 0 atom stereocenters. The Hall–Kier alpha value is -2.82.